The second kappa shape index (κ2) is 8.03. The molecule has 3 aliphatic rings. The smallest absolute Gasteiger partial charge is 0.176 e. The Morgan fingerprint density at radius 1 is 1.14 bits per heavy atom. The number of aromatic nitrogens is 3. The number of fused-ring (bicyclic) bond motifs is 4. The van der Waals surface area contributed by atoms with Crippen molar-refractivity contribution in [1.29, 1.82) is 5.26 Å². The van der Waals surface area contributed by atoms with Gasteiger partial charge in [0.05, 0.1) is 29.0 Å². The first-order valence-electron chi connectivity index (χ1n) is 12.5. The van der Waals surface area contributed by atoms with Gasteiger partial charge in [0.2, 0.25) is 0 Å². The van der Waals surface area contributed by atoms with Crippen molar-refractivity contribution in [2.45, 2.75) is 46.0 Å². The van der Waals surface area contributed by atoms with Crippen LogP contribution in [-0.4, -0.2) is 33.0 Å². The Labute approximate surface area is 210 Å². The Morgan fingerprint density at radius 2 is 1.94 bits per heavy atom. The largest absolute Gasteiger partial charge is 0.293 e. The highest BCUT2D eigenvalue weighted by Crippen LogP contribution is 2.51. The lowest BCUT2D eigenvalue weighted by molar-refractivity contribution is -0.121. The number of ketones is 1. The molecule has 6 rings (SSSR count). The van der Waals surface area contributed by atoms with Gasteiger partial charge >= 0.3 is 0 Å². The van der Waals surface area contributed by atoms with Crippen molar-refractivity contribution in [3.8, 4) is 17.5 Å². The summed E-state index contributed by atoms with van der Waals surface area (Å²) in [4.78, 5) is 32.6. The third-order valence-corrected chi connectivity index (χ3v) is 8.31. The number of nitrogens with zero attached hydrogens (tertiary/aromatic N) is 5. The summed E-state index contributed by atoms with van der Waals surface area (Å²) in [5.74, 6) is 0.422. The number of pyridine rings is 1. The highest BCUT2D eigenvalue weighted by Gasteiger charge is 2.50. The number of benzene rings is 1. The molecule has 0 radical (unpaired) electrons. The quantitative estimate of drug-likeness (QED) is 0.495. The maximum absolute atomic E-state index is 12.9. The monoisotopic (exact) mass is 473 g/mol. The molecular weight excluding hydrogens is 446 g/mol. The van der Waals surface area contributed by atoms with E-state index in [0.29, 0.717) is 12.4 Å². The highest BCUT2D eigenvalue weighted by molar-refractivity contribution is 6.25. The molecule has 6 nitrogen and oxygen atoms in total. The summed E-state index contributed by atoms with van der Waals surface area (Å²) in [6, 6.07) is 12.1. The van der Waals surface area contributed by atoms with E-state index >= 15 is 0 Å². The van der Waals surface area contributed by atoms with Gasteiger partial charge in [-0.1, -0.05) is 38.1 Å². The van der Waals surface area contributed by atoms with Gasteiger partial charge in [0.25, 0.3) is 0 Å². The van der Waals surface area contributed by atoms with Crippen LogP contribution in [0.15, 0.2) is 58.7 Å². The molecule has 3 aromatic rings. The number of allylic oxidation sites excluding steroid dienone is 3. The fraction of sp³-hybridized carbons (Fsp3) is 0.333. The minimum Gasteiger partial charge on any atom is -0.293 e. The average molecular weight is 474 g/mol. The first-order valence-corrected chi connectivity index (χ1v) is 12.5. The number of carbonyl (C=O) groups is 1. The molecule has 0 unspecified atom stereocenters. The van der Waals surface area contributed by atoms with Crippen LogP contribution in [-0.2, 0) is 16.6 Å². The van der Waals surface area contributed by atoms with E-state index in [1.807, 2.05) is 50.3 Å². The topological polar surface area (TPSA) is 91.9 Å². The van der Waals surface area contributed by atoms with Crippen molar-refractivity contribution in [3.63, 3.8) is 0 Å². The summed E-state index contributed by atoms with van der Waals surface area (Å²) < 4.78 is 0. The van der Waals surface area contributed by atoms with Gasteiger partial charge in [-0.3, -0.25) is 14.8 Å². The fourth-order valence-corrected chi connectivity index (χ4v) is 6.47. The Balaban J connectivity index is 1.69. The molecule has 1 aromatic carbocycles. The molecule has 0 amide bonds. The summed E-state index contributed by atoms with van der Waals surface area (Å²) >= 11 is 0. The molecule has 6 heteroatoms. The maximum Gasteiger partial charge on any atom is 0.176 e. The predicted molar refractivity (Wildman–Crippen MR) is 140 cm³/mol. The maximum atomic E-state index is 12.9. The van der Waals surface area contributed by atoms with Crippen molar-refractivity contribution in [3.05, 3.63) is 70.7 Å². The Hall–Kier alpha value is -3.98. The van der Waals surface area contributed by atoms with Gasteiger partial charge in [-0.05, 0) is 50.3 Å². The van der Waals surface area contributed by atoms with Crippen LogP contribution in [0.3, 0.4) is 0 Å². The lowest BCUT2D eigenvalue weighted by Gasteiger charge is -2.45. The molecule has 3 heterocycles. The van der Waals surface area contributed by atoms with Gasteiger partial charge in [0, 0.05) is 45.3 Å². The molecule has 1 aliphatic heterocycles. The number of hydrogen-bond acceptors (Lipinski definition) is 6. The van der Waals surface area contributed by atoms with Crippen LogP contribution in [0, 0.1) is 23.2 Å². The van der Waals surface area contributed by atoms with Crippen molar-refractivity contribution in [1.82, 2.24) is 15.0 Å². The zero-order chi connectivity index (χ0) is 25.2. The highest BCUT2D eigenvalue weighted by atomic mass is 16.1. The molecule has 0 fully saturated rings. The Morgan fingerprint density at radius 3 is 2.69 bits per heavy atom. The molecule has 36 heavy (non-hydrogen) atoms. The zero-order valence-electron chi connectivity index (χ0n) is 21.0. The number of hydrogen-bond donors (Lipinski definition) is 0. The number of carbonyl (C=O) groups excluding carboxylic acids is 1. The van der Waals surface area contributed by atoms with Gasteiger partial charge in [0.15, 0.2) is 11.6 Å². The molecule has 3 atom stereocenters. The number of aliphatic imine (C=N–C) groups is 1. The van der Waals surface area contributed by atoms with Crippen LogP contribution in [0.5, 0.6) is 0 Å². The molecule has 178 valence electrons. The van der Waals surface area contributed by atoms with Gasteiger partial charge in [-0.15, -0.1) is 0 Å². The zero-order valence-corrected chi connectivity index (χ0v) is 21.0. The summed E-state index contributed by atoms with van der Waals surface area (Å²) in [5, 5.41) is 10.8. The number of nitriles is 1. The van der Waals surface area contributed by atoms with E-state index in [2.05, 4.69) is 24.9 Å². The van der Waals surface area contributed by atoms with Crippen LogP contribution in [0.25, 0.3) is 27.9 Å². The molecule has 0 spiro atoms. The van der Waals surface area contributed by atoms with Crippen molar-refractivity contribution in [2.24, 2.45) is 16.8 Å². The van der Waals surface area contributed by atoms with E-state index in [1.165, 1.54) is 5.57 Å². The van der Waals surface area contributed by atoms with Crippen molar-refractivity contribution >= 4 is 28.0 Å². The lowest BCUT2D eigenvalue weighted by atomic mass is 9.57. The predicted octanol–water partition coefficient (Wildman–Crippen LogP) is 5.43. The van der Waals surface area contributed by atoms with Crippen LogP contribution in [0.4, 0.5) is 0 Å². The third-order valence-electron chi connectivity index (χ3n) is 8.31. The molecule has 2 aromatic heterocycles. The van der Waals surface area contributed by atoms with E-state index in [4.69, 9.17) is 15.0 Å². The summed E-state index contributed by atoms with van der Waals surface area (Å²) in [7, 11) is 0. The normalized spacial score (nSPS) is 25.2. The van der Waals surface area contributed by atoms with Crippen LogP contribution < -0.4 is 0 Å². The van der Waals surface area contributed by atoms with Gasteiger partial charge < -0.3 is 0 Å². The molecule has 0 saturated heterocycles. The second-order valence-electron chi connectivity index (χ2n) is 10.4. The first kappa shape index (κ1) is 22.5. The minimum atomic E-state index is -0.542. The molecule has 2 aliphatic carbocycles. The van der Waals surface area contributed by atoms with Gasteiger partial charge in [0.1, 0.15) is 6.07 Å². The summed E-state index contributed by atoms with van der Waals surface area (Å²) in [5.41, 5.74) is 7.76. The number of para-hydroxylation sites is 1. The summed E-state index contributed by atoms with van der Waals surface area (Å²) in [6.45, 7) is 8.94. The van der Waals surface area contributed by atoms with E-state index < -0.39 is 5.41 Å². The number of rotatable bonds is 2. The van der Waals surface area contributed by atoms with Crippen LogP contribution in [0.2, 0.25) is 0 Å². The van der Waals surface area contributed by atoms with Crippen molar-refractivity contribution < 1.29 is 4.79 Å². The lowest BCUT2D eigenvalue weighted by Crippen LogP contribution is -2.46. The second-order valence-corrected chi connectivity index (χ2v) is 10.4. The minimum absolute atomic E-state index is 0.0598. The number of Topliss-reactive ketones (excluding diaryl/α,β-unsaturated/α-hetero) is 1. The third kappa shape index (κ3) is 3.12. The molecular formula is C30H27N5O. The van der Waals surface area contributed by atoms with Gasteiger partial charge in [-0.25, -0.2) is 9.97 Å². The van der Waals surface area contributed by atoms with Crippen molar-refractivity contribution in [2.75, 3.05) is 6.54 Å². The fourth-order valence-electron chi connectivity index (χ4n) is 6.47. The first-order chi connectivity index (χ1) is 17.3. The van der Waals surface area contributed by atoms with E-state index in [9.17, 15) is 10.1 Å². The Bertz CT molecular complexity index is 1600. The average Bonchev–Trinajstić information content (AvgIpc) is 3.22. The van der Waals surface area contributed by atoms with Gasteiger partial charge in [-0.2, -0.15) is 5.26 Å². The van der Waals surface area contributed by atoms with Crippen LogP contribution in [0.1, 0.15) is 51.1 Å². The van der Waals surface area contributed by atoms with E-state index in [1.54, 1.807) is 6.20 Å². The molecule has 0 N–H and O–H groups in total. The van der Waals surface area contributed by atoms with E-state index in [0.717, 1.165) is 57.5 Å². The Kier molecular flexibility index (Phi) is 5.01. The molecule has 0 bridgehead atoms. The molecule has 0 saturated carbocycles. The van der Waals surface area contributed by atoms with Crippen LogP contribution >= 0.6 is 0 Å². The SMILES string of the molecule is CC1=NCC(C)=C1c1nc(-c2ccnc3ccccc23)nc2c1CC[C@@H]1[C@@H](C)C(=O)C(C#N)=C[C@@]21C. The standard InChI is InChI=1S/C30H27N5O/c1-16-15-33-18(3)25(16)26-22-9-10-23-17(2)27(36)19(14-31)13-30(23,4)28(22)35-29(34-26)21-11-12-32-24-8-6-5-7-20(21)24/h5-8,11-13,17,23H,9-10,15H2,1-4H3/t17-,23-,30-/m1/s1. The summed E-state index contributed by atoms with van der Waals surface area (Å²) in [6.07, 6.45) is 5.31. The van der Waals surface area contributed by atoms with E-state index in [-0.39, 0.29) is 23.2 Å².